The summed E-state index contributed by atoms with van der Waals surface area (Å²) >= 11 is 12.3. The Morgan fingerprint density at radius 3 is 2.00 bits per heavy atom. The summed E-state index contributed by atoms with van der Waals surface area (Å²) in [5.74, 6) is -0.578. The molecule has 0 radical (unpaired) electrons. The highest BCUT2D eigenvalue weighted by Gasteiger charge is 2.29. The van der Waals surface area contributed by atoms with E-state index in [4.69, 9.17) is 32.7 Å². The van der Waals surface area contributed by atoms with Crippen LogP contribution >= 0.6 is 23.2 Å². The van der Waals surface area contributed by atoms with E-state index in [0.29, 0.717) is 22.9 Å². The zero-order chi connectivity index (χ0) is 26.8. The Labute approximate surface area is 229 Å². The van der Waals surface area contributed by atoms with Gasteiger partial charge < -0.3 is 9.47 Å². The molecule has 5 nitrogen and oxygen atoms in total. The molecule has 0 saturated heterocycles. The SMILES string of the molecule is CCOC(=O)C(Cc1ccc(-c2cc(Cl)cc(Cl)c2)cc1)N[C@@H](CC(C)C)C(=O)OCc1ccccc1. The first kappa shape index (κ1) is 28.7. The lowest BCUT2D eigenvalue weighted by Crippen LogP contribution is -2.50. The zero-order valence-electron chi connectivity index (χ0n) is 21.4. The standard InChI is InChI=1S/C30H33Cl2NO4/c1-4-36-29(34)28(15-21-10-12-23(13-11-21)24-16-25(31)18-26(32)17-24)33-27(14-20(2)3)30(35)37-19-22-8-6-5-7-9-22/h5-13,16-18,20,27-28,33H,4,14-15,19H2,1-3H3/t27-,28?/m0/s1. The predicted molar refractivity (Wildman–Crippen MR) is 149 cm³/mol. The van der Waals surface area contributed by atoms with Gasteiger partial charge in [0, 0.05) is 10.0 Å². The van der Waals surface area contributed by atoms with Crippen molar-refractivity contribution in [1.82, 2.24) is 5.32 Å². The van der Waals surface area contributed by atoms with Crippen molar-refractivity contribution in [1.29, 1.82) is 0 Å². The van der Waals surface area contributed by atoms with Gasteiger partial charge in [-0.25, -0.2) is 0 Å². The second-order valence-electron chi connectivity index (χ2n) is 9.31. The van der Waals surface area contributed by atoms with Crippen molar-refractivity contribution in [2.45, 2.75) is 52.3 Å². The van der Waals surface area contributed by atoms with Crippen LogP contribution in [0.3, 0.4) is 0 Å². The van der Waals surface area contributed by atoms with E-state index in [1.165, 1.54) is 0 Å². The Kier molecular flexibility index (Phi) is 11.0. The summed E-state index contributed by atoms with van der Waals surface area (Å²) < 4.78 is 10.9. The van der Waals surface area contributed by atoms with Gasteiger partial charge in [0.05, 0.1) is 6.61 Å². The molecular weight excluding hydrogens is 509 g/mol. The number of esters is 2. The lowest BCUT2D eigenvalue weighted by atomic mass is 9.98. The molecule has 3 aromatic rings. The quantitative estimate of drug-likeness (QED) is 0.253. The Balaban J connectivity index is 1.74. The van der Waals surface area contributed by atoms with Crippen LogP contribution in [0.15, 0.2) is 72.8 Å². The number of hydrogen-bond acceptors (Lipinski definition) is 5. The minimum absolute atomic E-state index is 0.176. The average molecular weight is 543 g/mol. The van der Waals surface area contributed by atoms with E-state index < -0.39 is 18.1 Å². The van der Waals surface area contributed by atoms with Crippen molar-refractivity contribution < 1.29 is 19.1 Å². The van der Waals surface area contributed by atoms with Gasteiger partial charge in [-0.1, -0.05) is 91.6 Å². The van der Waals surface area contributed by atoms with Crippen LogP contribution in [0.5, 0.6) is 0 Å². The first-order chi connectivity index (χ1) is 17.7. The van der Waals surface area contributed by atoms with Gasteiger partial charge in [-0.15, -0.1) is 0 Å². The van der Waals surface area contributed by atoms with Crippen LogP contribution in [-0.4, -0.2) is 30.6 Å². The fraction of sp³-hybridized carbons (Fsp3) is 0.333. The molecule has 1 unspecified atom stereocenters. The van der Waals surface area contributed by atoms with E-state index in [1.54, 1.807) is 13.0 Å². The second-order valence-corrected chi connectivity index (χ2v) is 10.2. The number of carbonyl (C=O) groups excluding carboxylic acids is 2. The Morgan fingerprint density at radius 1 is 0.784 bits per heavy atom. The van der Waals surface area contributed by atoms with Crippen molar-refractivity contribution >= 4 is 35.1 Å². The van der Waals surface area contributed by atoms with E-state index in [9.17, 15) is 9.59 Å². The highest BCUT2D eigenvalue weighted by atomic mass is 35.5. The number of ether oxygens (including phenoxy) is 2. The lowest BCUT2D eigenvalue weighted by molar-refractivity contribution is -0.150. The zero-order valence-corrected chi connectivity index (χ0v) is 22.9. The van der Waals surface area contributed by atoms with E-state index in [1.807, 2.05) is 80.6 Å². The first-order valence-electron chi connectivity index (χ1n) is 12.4. The van der Waals surface area contributed by atoms with E-state index in [0.717, 1.165) is 22.3 Å². The molecule has 0 aliphatic rings. The summed E-state index contributed by atoms with van der Waals surface area (Å²) in [7, 11) is 0. The molecule has 0 amide bonds. The van der Waals surface area contributed by atoms with Crippen LogP contribution in [0.1, 0.15) is 38.3 Å². The number of benzene rings is 3. The minimum atomic E-state index is -0.709. The highest BCUT2D eigenvalue weighted by Crippen LogP contribution is 2.27. The van der Waals surface area contributed by atoms with Crippen LogP contribution in [-0.2, 0) is 32.1 Å². The number of carbonyl (C=O) groups is 2. The van der Waals surface area contributed by atoms with Gasteiger partial charge in [0.2, 0.25) is 0 Å². The molecule has 0 fully saturated rings. The molecule has 2 atom stereocenters. The van der Waals surface area contributed by atoms with Gasteiger partial charge in [0.1, 0.15) is 18.7 Å². The van der Waals surface area contributed by atoms with Crippen LogP contribution in [0.2, 0.25) is 10.0 Å². The summed E-state index contributed by atoms with van der Waals surface area (Å²) in [4.78, 5) is 25.9. The van der Waals surface area contributed by atoms with Crippen LogP contribution < -0.4 is 5.32 Å². The third-order valence-electron chi connectivity index (χ3n) is 5.78. The van der Waals surface area contributed by atoms with Crippen molar-refractivity contribution in [2.75, 3.05) is 6.61 Å². The summed E-state index contributed by atoms with van der Waals surface area (Å²) in [6.07, 6.45) is 0.883. The molecule has 3 rings (SSSR count). The molecule has 0 heterocycles. The molecule has 196 valence electrons. The van der Waals surface area contributed by atoms with Gasteiger partial charge in [-0.3, -0.25) is 14.9 Å². The summed E-state index contributed by atoms with van der Waals surface area (Å²) in [6.45, 7) is 6.24. The van der Waals surface area contributed by atoms with E-state index in [2.05, 4.69) is 5.32 Å². The maximum absolute atomic E-state index is 13.0. The fourth-order valence-corrected chi connectivity index (χ4v) is 4.54. The summed E-state index contributed by atoms with van der Waals surface area (Å²) in [5, 5.41) is 4.36. The van der Waals surface area contributed by atoms with Gasteiger partial charge in [-0.2, -0.15) is 0 Å². The molecule has 0 bridgehead atoms. The molecule has 7 heteroatoms. The Morgan fingerprint density at radius 2 is 1.41 bits per heavy atom. The maximum atomic E-state index is 13.0. The van der Waals surface area contributed by atoms with E-state index >= 15 is 0 Å². The van der Waals surface area contributed by atoms with Crippen molar-refractivity contribution in [2.24, 2.45) is 5.92 Å². The second kappa shape index (κ2) is 14.2. The van der Waals surface area contributed by atoms with Crippen molar-refractivity contribution in [3.8, 4) is 11.1 Å². The molecule has 0 spiro atoms. The van der Waals surface area contributed by atoms with Crippen molar-refractivity contribution in [3.63, 3.8) is 0 Å². The van der Waals surface area contributed by atoms with Crippen molar-refractivity contribution in [3.05, 3.63) is 94.0 Å². The average Bonchev–Trinajstić information content (AvgIpc) is 2.86. The topological polar surface area (TPSA) is 64.6 Å². The van der Waals surface area contributed by atoms with Gasteiger partial charge >= 0.3 is 11.9 Å². The molecule has 0 aromatic heterocycles. The third-order valence-corrected chi connectivity index (χ3v) is 6.22. The third kappa shape index (κ3) is 9.19. The lowest BCUT2D eigenvalue weighted by Gasteiger charge is -2.25. The van der Waals surface area contributed by atoms with Crippen LogP contribution in [0, 0.1) is 5.92 Å². The molecule has 0 aliphatic heterocycles. The highest BCUT2D eigenvalue weighted by molar-refractivity contribution is 6.35. The van der Waals surface area contributed by atoms with Gasteiger partial charge in [0.25, 0.3) is 0 Å². The molecule has 0 aliphatic carbocycles. The largest absolute Gasteiger partial charge is 0.465 e. The molecule has 3 aromatic carbocycles. The van der Waals surface area contributed by atoms with Gasteiger partial charge in [-0.05, 0) is 66.1 Å². The molecule has 1 N–H and O–H groups in total. The normalized spacial score (nSPS) is 12.7. The smallest absolute Gasteiger partial charge is 0.323 e. The van der Waals surface area contributed by atoms with E-state index in [-0.39, 0.29) is 25.1 Å². The minimum Gasteiger partial charge on any atom is -0.465 e. The maximum Gasteiger partial charge on any atom is 0.323 e. The Bertz CT molecular complexity index is 1150. The summed E-state index contributed by atoms with van der Waals surface area (Å²) in [6, 6.07) is 21.4. The first-order valence-corrected chi connectivity index (χ1v) is 13.2. The number of halogens is 2. The molecule has 0 saturated carbocycles. The number of rotatable bonds is 12. The number of nitrogens with one attached hydrogen (secondary N) is 1. The summed E-state index contributed by atoms with van der Waals surface area (Å²) in [5.41, 5.74) is 3.68. The monoisotopic (exact) mass is 541 g/mol. The predicted octanol–water partition coefficient (Wildman–Crippen LogP) is 6.88. The number of hydrogen-bond donors (Lipinski definition) is 1. The van der Waals surface area contributed by atoms with Crippen LogP contribution in [0.25, 0.3) is 11.1 Å². The Hall–Kier alpha value is -2.86. The molecular formula is C30H33Cl2NO4. The van der Waals surface area contributed by atoms with Gasteiger partial charge in [0.15, 0.2) is 0 Å². The molecule has 37 heavy (non-hydrogen) atoms. The fourth-order valence-electron chi connectivity index (χ4n) is 4.02. The van der Waals surface area contributed by atoms with Crippen LogP contribution in [0.4, 0.5) is 0 Å².